The minimum atomic E-state index is 0.248. The van der Waals surface area contributed by atoms with Gasteiger partial charge in [0.15, 0.2) is 0 Å². The summed E-state index contributed by atoms with van der Waals surface area (Å²) in [7, 11) is 1.78. The first-order chi connectivity index (χ1) is 10.0. The van der Waals surface area contributed by atoms with Crippen LogP contribution in [0.2, 0.25) is 0 Å². The molecule has 0 saturated carbocycles. The monoisotopic (exact) mass is 293 g/mol. The zero-order valence-corrected chi connectivity index (χ0v) is 13.5. The summed E-state index contributed by atoms with van der Waals surface area (Å²) < 4.78 is 11.3. The molecule has 1 aliphatic rings. The molecule has 0 spiro atoms. The lowest BCUT2D eigenvalue weighted by molar-refractivity contribution is 0.0496. The van der Waals surface area contributed by atoms with Gasteiger partial charge in [-0.3, -0.25) is 0 Å². The van der Waals surface area contributed by atoms with Crippen LogP contribution in [-0.4, -0.2) is 37.9 Å². The van der Waals surface area contributed by atoms with Crippen LogP contribution in [0.15, 0.2) is 12.1 Å². The summed E-state index contributed by atoms with van der Waals surface area (Å²) >= 11 is 0. The molecule has 2 rings (SSSR count). The van der Waals surface area contributed by atoms with Gasteiger partial charge in [0, 0.05) is 20.2 Å². The summed E-state index contributed by atoms with van der Waals surface area (Å²) in [5, 5.41) is 0. The molecular weight excluding hydrogens is 266 g/mol. The molecule has 1 aromatic rings. The van der Waals surface area contributed by atoms with Crippen LogP contribution >= 0.6 is 0 Å². The second kappa shape index (κ2) is 6.98. The number of anilines is 2. The van der Waals surface area contributed by atoms with Crippen molar-refractivity contribution in [2.24, 2.45) is 11.8 Å². The van der Waals surface area contributed by atoms with Crippen LogP contribution in [0, 0.1) is 11.8 Å². The Morgan fingerprint density at radius 2 is 2.19 bits per heavy atom. The van der Waals surface area contributed by atoms with Crippen molar-refractivity contribution < 1.29 is 9.47 Å². The minimum absolute atomic E-state index is 0.248. The Morgan fingerprint density at radius 3 is 2.86 bits per heavy atom. The van der Waals surface area contributed by atoms with Gasteiger partial charge in [-0.25, -0.2) is 0 Å². The Bertz CT molecular complexity index is 465. The summed E-state index contributed by atoms with van der Waals surface area (Å²) in [6.45, 7) is 8.92. The average molecular weight is 293 g/mol. The molecule has 0 amide bonds. The molecule has 2 unspecified atom stereocenters. The maximum Gasteiger partial charge on any atom is 0.239 e. The summed E-state index contributed by atoms with van der Waals surface area (Å²) in [5.74, 6) is 2.48. The topological polar surface area (TPSA) is 60.6 Å². The Kier molecular flexibility index (Phi) is 5.28. The van der Waals surface area contributed by atoms with E-state index < -0.39 is 0 Å². The molecule has 1 aromatic heterocycles. The zero-order chi connectivity index (χ0) is 15.4. The van der Waals surface area contributed by atoms with Crippen LogP contribution in [0.3, 0.4) is 0 Å². The Hall–Kier alpha value is -1.49. The van der Waals surface area contributed by atoms with Crippen molar-refractivity contribution in [2.75, 3.05) is 37.4 Å². The van der Waals surface area contributed by atoms with Crippen LogP contribution in [0.1, 0.15) is 27.2 Å². The van der Waals surface area contributed by atoms with Gasteiger partial charge in [0.25, 0.3) is 0 Å². The van der Waals surface area contributed by atoms with Crippen molar-refractivity contribution in [3.05, 3.63) is 12.1 Å². The summed E-state index contributed by atoms with van der Waals surface area (Å²) in [6.07, 6.45) is 1.35. The molecule has 1 saturated heterocycles. The molecule has 5 heteroatoms. The number of nitrogens with two attached hydrogens (primary N) is 1. The first kappa shape index (κ1) is 15.9. The van der Waals surface area contributed by atoms with Crippen molar-refractivity contribution in [1.29, 1.82) is 0 Å². The fraction of sp³-hybridized carbons (Fsp3) is 0.688. The van der Waals surface area contributed by atoms with Gasteiger partial charge >= 0.3 is 0 Å². The van der Waals surface area contributed by atoms with Crippen LogP contribution in [0.5, 0.6) is 5.88 Å². The predicted octanol–water partition coefficient (Wildman–Crippen LogP) is 2.56. The zero-order valence-electron chi connectivity index (χ0n) is 13.5. The summed E-state index contributed by atoms with van der Waals surface area (Å²) in [4.78, 5) is 6.83. The van der Waals surface area contributed by atoms with Crippen LogP contribution in [0.4, 0.5) is 11.5 Å². The minimum Gasteiger partial charge on any atom is -0.476 e. The predicted molar refractivity (Wildman–Crippen MR) is 85.8 cm³/mol. The molecule has 0 radical (unpaired) electrons. The van der Waals surface area contributed by atoms with E-state index in [2.05, 4.69) is 30.7 Å². The number of ether oxygens (including phenoxy) is 2. The lowest BCUT2D eigenvalue weighted by Gasteiger charge is -2.37. The lowest BCUT2D eigenvalue weighted by atomic mass is 9.96. The van der Waals surface area contributed by atoms with Gasteiger partial charge in [-0.1, -0.05) is 20.8 Å². The van der Waals surface area contributed by atoms with E-state index in [9.17, 15) is 0 Å². The Labute approximate surface area is 127 Å². The lowest BCUT2D eigenvalue weighted by Crippen LogP contribution is -2.44. The number of hydrogen-bond donors (Lipinski definition) is 1. The molecule has 1 aliphatic heterocycles. The van der Waals surface area contributed by atoms with Gasteiger partial charge in [-0.15, -0.1) is 0 Å². The van der Waals surface area contributed by atoms with Gasteiger partial charge in [0.2, 0.25) is 5.88 Å². The fourth-order valence-corrected chi connectivity index (χ4v) is 2.53. The van der Waals surface area contributed by atoms with E-state index in [4.69, 9.17) is 15.2 Å². The first-order valence-corrected chi connectivity index (χ1v) is 7.68. The van der Waals surface area contributed by atoms with Crippen molar-refractivity contribution in [3.8, 4) is 5.88 Å². The fourth-order valence-electron chi connectivity index (χ4n) is 2.53. The number of aromatic nitrogens is 1. The molecule has 2 heterocycles. The maximum absolute atomic E-state index is 5.95. The van der Waals surface area contributed by atoms with Crippen molar-refractivity contribution in [1.82, 2.24) is 4.98 Å². The maximum atomic E-state index is 5.95. The standard InChI is InChI=1S/C16H27N3O2/c1-11(2)10-21-16-13(17)5-6-15(18-16)19-8-7-12(3)14(9-19)20-4/h5-6,11-12,14H,7-10,17H2,1-4H3. The second-order valence-corrected chi connectivity index (χ2v) is 6.25. The van der Waals surface area contributed by atoms with Crippen molar-refractivity contribution in [3.63, 3.8) is 0 Å². The number of hydrogen-bond acceptors (Lipinski definition) is 5. The molecule has 21 heavy (non-hydrogen) atoms. The first-order valence-electron chi connectivity index (χ1n) is 7.68. The third-order valence-electron chi connectivity index (χ3n) is 3.94. The number of methoxy groups -OCH3 is 1. The number of rotatable bonds is 5. The number of nitrogen functional groups attached to an aromatic ring is 1. The van der Waals surface area contributed by atoms with E-state index in [0.29, 0.717) is 30.0 Å². The summed E-state index contributed by atoms with van der Waals surface area (Å²) in [6, 6.07) is 3.83. The molecule has 2 atom stereocenters. The average Bonchev–Trinajstić information content (AvgIpc) is 2.47. The molecule has 5 nitrogen and oxygen atoms in total. The van der Waals surface area contributed by atoms with Crippen molar-refractivity contribution in [2.45, 2.75) is 33.3 Å². The highest BCUT2D eigenvalue weighted by Crippen LogP contribution is 2.27. The quantitative estimate of drug-likeness (QED) is 0.904. The van der Waals surface area contributed by atoms with Gasteiger partial charge in [-0.05, 0) is 30.4 Å². The third kappa shape index (κ3) is 4.00. The highest BCUT2D eigenvalue weighted by Gasteiger charge is 2.27. The van der Waals surface area contributed by atoms with Gasteiger partial charge in [0.1, 0.15) is 5.82 Å². The number of piperidine rings is 1. The molecule has 0 bridgehead atoms. The number of nitrogens with zero attached hydrogens (tertiary/aromatic N) is 2. The van der Waals surface area contributed by atoms with E-state index in [1.165, 1.54) is 0 Å². The smallest absolute Gasteiger partial charge is 0.239 e. The van der Waals surface area contributed by atoms with Gasteiger partial charge < -0.3 is 20.1 Å². The molecule has 1 fully saturated rings. The molecule has 0 aromatic carbocycles. The van der Waals surface area contributed by atoms with Crippen molar-refractivity contribution >= 4 is 11.5 Å². The Balaban J connectivity index is 2.11. The SMILES string of the molecule is COC1CN(c2ccc(N)c(OCC(C)C)n2)CCC1C. The second-order valence-electron chi connectivity index (χ2n) is 6.25. The van der Waals surface area contributed by atoms with Gasteiger partial charge in [0.05, 0.1) is 18.4 Å². The van der Waals surface area contributed by atoms with Gasteiger partial charge in [-0.2, -0.15) is 4.98 Å². The van der Waals surface area contributed by atoms with Crippen LogP contribution < -0.4 is 15.4 Å². The molecule has 2 N–H and O–H groups in total. The van der Waals surface area contributed by atoms with E-state index in [-0.39, 0.29) is 6.10 Å². The highest BCUT2D eigenvalue weighted by molar-refractivity contribution is 5.54. The molecular formula is C16H27N3O2. The van der Waals surface area contributed by atoms with Crippen LogP contribution in [-0.2, 0) is 4.74 Å². The summed E-state index contributed by atoms with van der Waals surface area (Å²) in [5.41, 5.74) is 6.54. The largest absolute Gasteiger partial charge is 0.476 e. The van der Waals surface area contributed by atoms with E-state index >= 15 is 0 Å². The van der Waals surface area contributed by atoms with E-state index in [1.54, 1.807) is 7.11 Å². The Morgan fingerprint density at radius 1 is 1.43 bits per heavy atom. The highest BCUT2D eigenvalue weighted by atomic mass is 16.5. The normalized spacial score (nSPS) is 22.6. The van der Waals surface area contributed by atoms with Crippen LogP contribution in [0.25, 0.3) is 0 Å². The molecule has 118 valence electrons. The van der Waals surface area contributed by atoms with E-state index in [1.807, 2.05) is 12.1 Å². The molecule has 0 aliphatic carbocycles. The van der Waals surface area contributed by atoms with E-state index in [0.717, 1.165) is 25.3 Å². The third-order valence-corrected chi connectivity index (χ3v) is 3.94. The number of pyridine rings is 1.